The molecule has 0 spiro atoms. The second-order valence-electron chi connectivity index (χ2n) is 1.54. The van der Waals surface area contributed by atoms with Crippen LogP contribution in [0.3, 0.4) is 0 Å². The number of thiol groups is 1. The van der Waals surface area contributed by atoms with Gasteiger partial charge in [0, 0.05) is 11.6 Å². The van der Waals surface area contributed by atoms with Gasteiger partial charge in [0.1, 0.15) is 0 Å². The highest BCUT2D eigenvalue weighted by Gasteiger charge is 2.00. The van der Waals surface area contributed by atoms with Gasteiger partial charge in [0.25, 0.3) is 0 Å². The van der Waals surface area contributed by atoms with Crippen molar-refractivity contribution in [2.45, 2.75) is 8.92 Å². The monoisotopic (exact) mass is 189 g/mol. The van der Waals surface area contributed by atoms with Crippen molar-refractivity contribution in [1.29, 1.82) is 0 Å². The van der Waals surface area contributed by atoms with Crippen molar-refractivity contribution < 1.29 is 0 Å². The van der Waals surface area contributed by atoms with E-state index in [1.54, 1.807) is 35.4 Å². The average Bonchev–Trinajstić information content (AvgIpc) is 2.40. The summed E-state index contributed by atoms with van der Waals surface area (Å²) in [6.07, 6.45) is 3.58. The van der Waals surface area contributed by atoms with Crippen molar-refractivity contribution in [3.8, 4) is 0 Å². The molecular formula is C6H7NS3. The summed E-state index contributed by atoms with van der Waals surface area (Å²) in [4.78, 5) is 4.09. The normalized spacial score (nSPS) is 12.9. The van der Waals surface area contributed by atoms with E-state index in [4.69, 9.17) is 0 Å². The maximum absolute atomic E-state index is 4.23. The van der Waals surface area contributed by atoms with E-state index < -0.39 is 0 Å². The minimum absolute atomic E-state index is 0.158. The molecule has 1 unspecified atom stereocenters. The Labute approximate surface area is 74.0 Å². The van der Waals surface area contributed by atoms with Crippen LogP contribution in [0.4, 0.5) is 0 Å². The zero-order chi connectivity index (χ0) is 7.40. The predicted molar refractivity (Wildman–Crippen MR) is 50.9 cm³/mol. The van der Waals surface area contributed by atoms with Gasteiger partial charge in [-0.1, -0.05) is 17.8 Å². The maximum Gasteiger partial charge on any atom is 0.151 e. The fraction of sp³-hybridized carbons (Fsp3) is 0.167. The molecule has 0 aliphatic rings. The van der Waals surface area contributed by atoms with Gasteiger partial charge < -0.3 is 0 Å². The third-order valence-corrected chi connectivity index (χ3v) is 3.24. The first-order valence-electron chi connectivity index (χ1n) is 2.69. The second kappa shape index (κ2) is 4.05. The minimum Gasteiger partial charge on any atom is -0.238 e. The van der Waals surface area contributed by atoms with Gasteiger partial charge in [-0.2, -0.15) is 12.6 Å². The highest BCUT2D eigenvalue weighted by atomic mass is 32.2. The Bertz CT molecular complexity index is 195. The minimum atomic E-state index is 0.158. The summed E-state index contributed by atoms with van der Waals surface area (Å²) in [5.74, 6) is 0. The van der Waals surface area contributed by atoms with Gasteiger partial charge in [0.2, 0.25) is 0 Å². The van der Waals surface area contributed by atoms with Crippen LogP contribution in [0.15, 0.2) is 28.6 Å². The summed E-state index contributed by atoms with van der Waals surface area (Å²) in [7, 11) is 0. The standard InChI is InChI=1S/C6H7NS3/c1-2-5(8)10-6-7-3-4-9-6/h2-5,8H,1H2. The van der Waals surface area contributed by atoms with E-state index in [1.165, 1.54) is 0 Å². The van der Waals surface area contributed by atoms with Crippen molar-refractivity contribution in [3.63, 3.8) is 0 Å². The van der Waals surface area contributed by atoms with Crippen LogP contribution in [-0.2, 0) is 0 Å². The summed E-state index contributed by atoms with van der Waals surface area (Å²) in [5, 5.41) is 1.95. The van der Waals surface area contributed by atoms with Gasteiger partial charge in [0.15, 0.2) is 4.34 Å². The molecule has 0 radical (unpaired) electrons. The molecule has 0 N–H and O–H groups in total. The van der Waals surface area contributed by atoms with Gasteiger partial charge in [-0.3, -0.25) is 0 Å². The molecule has 0 fully saturated rings. The lowest BCUT2D eigenvalue weighted by Crippen LogP contribution is -1.82. The first kappa shape index (κ1) is 8.17. The number of thiazole rings is 1. The van der Waals surface area contributed by atoms with E-state index >= 15 is 0 Å². The van der Waals surface area contributed by atoms with Crippen LogP contribution >= 0.6 is 35.7 Å². The molecule has 1 aromatic rings. The topological polar surface area (TPSA) is 12.9 Å². The summed E-state index contributed by atoms with van der Waals surface area (Å²) < 4.78 is 1.20. The third-order valence-electron chi connectivity index (χ3n) is 0.833. The van der Waals surface area contributed by atoms with Crippen molar-refractivity contribution in [2.24, 2.45) is 0 Å². The van der Waals surface area contributed by atoms with Crippen molar-refractivity contribution >= 4 is 35.7 Å². The average molecular weight is 189 g/mol. The molecule has 1 heterocycles. The van der Waals surface area contributed by atoms with Crippen molar-refractivity contribution in [1.82, 2.24) is 4.98 Å². The summed E-state index contributed by atoms with van der Waals surface area (Å²) in [6, 6.07) is 0. The van der Waals surface area contributed by atoms with E-state index in [0.29, 0.717) is 0 Å². The Kier molecular flexibility index (Phi) is 3.31. The molecule has 1 atom stereocenters. The zero-order valence-corrected chi connectivity index (χ0v) is 7.75. The van der Waals surface area contributed by atoms with E-state index in [0.717, 1.165) is 4.34 Å². The SMILES string of the molecule is C=CC(S)Sc1nccs1. The molecular weight excluding hydrogens is 182 g/mol. The van der Waals surface area contributed by atoms with Crippen LogP contribution in [0.25, 0.3) is 0 Å². The molecule has 1 aromatic heterocycles. The molecule has 10 heavy (non-hydrogen) atoms. The lowest BCUT2D eigenvalue weighted by Gasteiger charge is -1.98. The van der Waals surface area contributed by atoms with Crippen molar-refractivity contribution in [3.05, 3.63) is 24.2 Å². The summed E-state index contributed by atoms with van der Waals surface area (Å²) >= 11 is 7.45. The lowest BCUT2D eigenvalue weighted by atomic mass is 10.8. The highest BCUT2D eigenvalue weighted by Crippen LogP contribution is 2.27. The van der Waals surface area contributed by atoms with Crippen LogP contribution in [0.2, 0.25) is 0 Å². The van der Waals surface area contributed by atoms with Gasteiger partial charge in [-0.15, -0.1) is 17.9 Å². The number of hydrogen-bond acceptors (Lipinski definition) is 4. The Morgan fingerprint density at radius 2 is 2.70 bits per heavy atom. The Balaban J connectivity index is 2.47. The first-order chi connectivity index (χ1) is 4.83. The third kappa shape index (κ3) is 2.36. The molecule has 0 amide bonds. The smallest absolute Gasteiger partial charge is 0.151 e. The first-order valence-corrected chi connectivity index (χ1v) is 4.97. The van der Waals surface area contributed by atoms with Gasteiger partial charge in [-0.25, -0.2) is 4.98 Å². The molecule has 0 saturated carbocycles. The maximum atomic E-state index is 4.23. The Morgan fingerprint density at radius 3 is 3.20 bits per heavy atom. The van der Waals surface area contributed by atoms with E-state index in [2.05, 4.69) is 24.2 Å². The predicted octanol–water partition coefficient (Wildman–Crippen LogP) is 2.68. The number of nitrogens with zero attached hydrogens (tertiary/aromatic N) is 1. The molecule has 0 saturated heterocycles. The zero-order valence-electron chi connectivity index (χ0n) is 5.23. The molecule has 1 rings (SSSR count). The molecule has 0 aromatic carbocycles. The molecule has 0 aliphatic heterocycles. The molecule has 1 nitrogen and oxygen atoms in total. The van der Waals surface area contributed by atoms with E-state index in [9.17, 15) is 0 Å². The van der Waals surface area contributed by atoms with Crippen LogP contribution in [-0.4, -0.2) is 9.57 Å². The van der Waals surface area contributed by atoms with Gasteiger partial charge >= 0.3 is 0 Å². The fourth-order valence-corrected chi connectivity index (χ4v) is 2.42. The summed E-state index contributed by atoms with van der Waals surface area (Å²) in [5.41, 5.74) is 0. The van der Waals surface area contributed by atoms with Crippen LogP contribution in [0.5, 0.6) is 0 Å². The van der Waals surface area contributed by atoms with Crippen LogP contribution < -0.4 is 0 Å². The highest BCUT2D eigenvalue weighted by molar-refractivity contribution is 8.11. The molecule has 0 bridgehead atoms. The fourth-order valence-electron chi connectivity index (χ4n) is 0.420. The Hall–Kier alpha value is 0.0700. The van der Waals surface area contributed by atoms with Crippen molar-refractivity contribution in [2.75, 3.05) is 0 Å². The van der Waals surface area contributed by atoms with E-state index in [-0.39, 0.29) is 4.58 Å². The largest absolute Gasteiger partial charge is 0.238 e. The lowest BCUT2D eigenvalue weighted by molar-refractivity contribution is 1.25. The molecule has 0 aliphatic carbocycles. The molecule has 54 valence electrons. The second-order valence-corrected chi connectivity index (χ2v) is 4.73. The van der Waals surface area contributed by atoms with E-state index in [1.807, 2.05) is 5.38 Å². The molecule has 4 heteroatoms. The van der Waals surface area contributed by atoms with Crippen LogP contribution in [0, 0.1) is 0 Å². The Morgan fingerprint density at radius 1 is 1.90 bits per heavy atom. The number of rotatable bonds is 3. The van der Waals surface area contributed by atoms with Crippen LogP contribution in [0.1, 0.15) is 0 Å². The van der Waals surface area contributed by atoms with Gasteiger partial charge in [0.05, 0.1) is 4.58 Å². The number of thioether (sulfide) groups is 1. The summed E-state index contributed by atoms with van der Waals surface area (Å²) in [6.45, 7) is 3.62. The number of aromatic nitrogens is 1. The quantitative estimate of drug-likeness (QED) is 0.340. The van der Waals surface area contributed by atoms with Gasteiger partial charge in [-0.05, 0) is 0 Å². The number of hydrogen-bond donors (Lipinski definition) is 1.